The summed E-state index contributed by atoms with van der Waals surface area (Å²) in [4.78, 5) is 88.2. The van der Waals surface area contributed by atoms with Gasteiger partial charge in [-0.2, -0.15) is 4.31 Å². The van der Waals surface area contributed by atoms with Crippen LogP contribution in [0.3, 0.4) is 0 Å². The number of imidazole rings is 1. The van der Waals surface area contributed by atoms with Gasteiger partial charge >= 0.3 is 23.5 Å². The lowest BCUT2D eigenvalue weighted by Crippen LogP contribution is -2.46. The van der Waals surface area contributed by atoms with E-state index in [1.165, 1.54) is 46.0 Å². The van der Waals surface area contributed by atoms with Crippen LogP contribution in [0.15, 0.2) is 24.8 Å². The fourth-order valence-electron chi connectivity index (χ4n) is 5.97. The second kappa shape index (κ2) is 24.6. The minimum absolute atomic E-state index is 0.0311. The van der Waals surface area contributed by atoms with Crippen LogP contribution < -0.4 is 16.4 Å². The van der Waals surface area contributed by atoms with Gasteiger partial charge in [-0.1, -0.05) is 83.2 Å². The summed E-state index contributed by atoms with van der Waals surface area (Å²) in [7, 11) is -16.4. The van der Waals surface area contributed by atoms with E-state index in [1.54, 1.807) is 0 Å². The number of rotatable bonds is 29. The number of aromatic nitrogens is 4. The fourth-order valence-corrected chi connectivity index (χ4v) is 9.54. The molecule has 10 N–H and O–H groups in total. The maximum Gasteiger partial charge on any atom is 0.481 e. The van der Waals surface area contributed by atoms with Crippen LogP contribution in [-0.4, -0.2) is 123 Å². The average Bonchev–Trinajstić information content (AvgIpc) is 3.74. The van der Waals surface area contributed by atoms with Gasteiger partial charge in [0.15, 0.2) is 22.8 Å². The molecule has 7 atom stereocenters. The summed E-state index contributed by atoms with van der Waals surface area (Å²) in [5.41, 5.74) is 5.16. The molecule has 3 heterocycles. The highest BCUT2D eigenvalue weighted by Crippen LogP contribution is 2.61. The van der Waals surface area contributed by atoms with Crippen LogP contribution in [0.2, 0.25) is 0 Å². The first kappa shape index (κ1) is 53.6. The maximum absolute atomic E-state index is 12.7. The minimum Gasteiger partial charge on any atom is -0.386 e. The predicted molar refractivity (Wildman–Crippen MR) is 223 cm³/mol. The number of thioether (sulfide) groups is 1. The molecule has 0 saturated carbocycles. The molecule has 2 aromatic rings. The first-order valence-corrected chi connectivity index (χ1v) is 25.2. The van der Waals surface area contributed by atoms with Gasteiger partial charge in [0, 0.05) is 37.1 Å². The Kier molecular flexibility index (Phi) is 21.2. The van der Waals surface area contributed by atoms with Gasteiger partial charge in [-0.3, -0.25) is 32.5 Å². The zero-order valence-corrected chi connectivity index (χ0v) is 38.1. The van der Waals surface area contributed by atoms with Crippen molar-refractivity contribution in [2.45, 2.75) is 116 Å². The molecule has 2 aromatic heterocycles. The number of phosphoric acid groups is 3. The van der Waals surface area contributed by atoms with Crippen molar-refractivity contribution in [2.75, 3.05) is 37.8 Å². The molecule has 1 aliphatic heterocycles. The monoisotopic (exact) mass is 961 g/mol. The molecule has 0 aliphatic carbocycles. The van der Waals surface area contributed by atoms with E-state index in [1.807, 2.05) is 0 Å². The number of ether oxygens (including phenoxy) is 1. The van der Waals surface area contributed by atoms with Gasteiger partial charge in [0.1, 0.15) is 36.3 Å². The second-order valence-corrected chi connectivity index (χ2v) is 20.5. The van der Waals surface area contributed by atoms with Crippen LogP contribution in [0.5, 0.6) is 0 Å². The molecule has 2 unspecified atom stereocenters. The molecule has 1 fully saturated rings. The first-order chi connectivity index (χ1) is 28.9. The minimum atomic E-state index is -5.58. The third-order valence-electron chi connectivity index (χ3n) is 9.29. The van der Waals surface area contributed by atoms with Gasteiger partial charge in [-0.05, 0) is 12.8 Å². The quantitative estimate of drug-likeness (QED) is 0.0321. The number of carbonyl (C=O) groups excluding carboxylic acids is 3. The van der Waals surface area contributed by atoms with E-state index in [-0.39, 0.29) is 48.0 Å². The third-order valence-corrected chi connectivity index (χ3v) is 13.3. The standard InChI is InChI=1S/C34H58N7O17P3S/c1-5-6-7-8-9-10-11-12-22(2)17-25(43)62-16-15-36-24(42)13-14-37-32(46)29(45)34(3,4)19-55-61(52,53)58-60(50,51)54-18-23-28(57-59(47,48)49)27(44)33(56-23)41-21-40-26-30(35)38-20-39-31(26)41/h20-21,23,27-29,33,44-45H,2,5-19H2,1,3-4H3,(H,36,42)(H,37,46)(H,50,51)(H,52,53)(H2,35,38,39)(H2,47,48,49)/t23-,27-,28+,29-,33-/m0/s1. The highest BCUT2D eigenvalue weighted by molar-refractivity contribution is 8.13. The average molecular weight is 962 g/mol. The van der Waals surface area contributed by atoms with Crippen molar-refractivity contribution >= 4 is 69.1 Å². The van der Waals surface area contributed by atoms with E-state index in [2.05, 4.69) is 47.9 Å². The smallest absolute Gasteiger partial charge is 0.386 e. The number of allylic oxidation sites excluding steroid dienone is 1. The zero-order valence-electron chi connectivity index (χ0n) is 34.6. The summed E-state index contributed by atoms with van der Waals surface area (Å²) in [6.07, 6.45) is 2.39. The van der Waals surface area contributed by atoms with Crippen molar-refractivity contribution < 1.29 is 80.5 Å². The largest absolute Gasteiger partial charge is 0.481 e. The number of nitrogens with one attached hydrogen (secondary N) is 2. The highest BCUT2D eigenvalue weighted by atomic mass is 32.2. The molecule has 24 nitrogen and oxygen atoms in total. The van der Waals surface area contributed by atoms with Crippen LogP contribution >= 0.6 is 35.2 Å². The number of carbonyl (C=O) groups is 3. The molecule has 3 rings (SSSR count). The first-order valence-electron chi connectivity index (χ1n) is 19.7. The number of anilines is 1. The molecular formula is C34H58N7O17P3S. The number of phosphoric ester groups is 3. The molecular weight excluding hydrogens is 903 g/mol. The van der Waals surface area contributed by atoms with Crippen LogP contribution in [0.1, 0.15) is 91.2 Å². The van der Waals surface area contributed by atoms with Gasteiger partial charge in [-0.25, -0.2) is 28.6 Å². The number of aliphatic hydroxyl groups is 2. The van der Waals surface area contributed by atoms with Gasteiger partial charge < -0.3 is 50.9 Å². The Hall–Kier alpha value is -2.70. The summed E-state index contributed by atoms with van der Waals surface area (Å²) in [6, 6.07) is 0. The Morgan fingerprint density at radius 3 is 2.32 bits per heavy atom. The maximum atomic E-state index is 12.7. The third kappa shape index (κ3) is 18.1. The van der Waals surface area contributed by atoms with Crippen LogP contribution in [0, 0.1) is 5.41 Å². The van der Waals surface area contributed by atoms with E-state index in [0.29, 0.717) is 5.75 Å². The SMILES string of the molecule is C=C(CCCCCCCCC)CC(=O)SCCNC(=O)CCNC(=O)[C@H](O)C(C)(C)COP(=O)(O)OP(=O)(O)OC[C@@H]1O[C@H](n2cnc3c(N)ncnc32)[C@@H](O)[C@@H]1OP(=O)(O)O. The van der Waals surface area contributed by atoms with E-state index in [9.17, 15) is 57.9 Å². The Balaban J connectivity index is 1.39. The number of fused-ring (bicyclic) bond motifs is 1. The highest BCUT2D eigenvalue weighted by Gasteiger charge is 2.50. The topological polar surface area (TPSA) is 364 Å². The van der Waals surface area contributed by atoms with Gasteiger partial charge in [-0.15, -0.1) is 0 Å². The lowest BCUT2D eigenvalue weighted by atomic mass is 9.87. The van der Waals surface area contributed by atoms with E-state index in [4.69, 9.17) is 19.5 Å². The van der Waals surface area contributed by atoms with E-state index < -0.39 is 84.6 Å². The van der Waals surface area contributed by atoms with Crippen molar-refractivity contribution in [3.05, 3.63) is 24.8 Å². The summed E-state index contributed by atoms with van der Waals surface area (Å²) in [5.74, 6) is -1.10. The van der Waals surface area contributed by atoms with Gasteiger partial charge in [0.05, 0.1) is 19.5 Å². The van der Waals surface area contributed by atoms with Crippen LogP contribution in [0.25, 0.3) is 11.2 Å². The summed E-state index contributed by atoms with van der Waals surface area (Å²) >= 11 is 1.09. The van der Waals surface area contributed by atoms with Crippen LogP contribution in [0.4, 0.5) is 5.82 Å². The number of aliphatic hydroxyl groups excluding tert-OH is 2. The Bertz CT molecular complexity index is 1970. The molecule has 1 aliphatic rings. The fraction of sp³-hybridized carbons (Fsp3) is 0.706. The van der Waals surface area contributed by atoms with E-state index in [0.717, 1.165) is 53.8 Å². The molecule has 2 amide bonds. The molecule has 0 spiro atoms. The molecule has 0 aromatic carbocycles. The van der Waals surface area contributed by atoms with Crippen molar-refractivity contribution in [1.29, 1.82) is 0 Å². The molecule has 28 heteroatoms. The number of amides is 2. The lowest BCUT2D eigenvalue weighted by Gasteiger charge is -2.30. The second-order valence-electron chi connectivity index (χ2n) is 15.1. The van der Waals surface area contributed by atoms with E-state index >= 15 is 0 Å². The molecule has 0 radical (unpaired) electrons. The molecule has 352 valence electrons. The summed E-state index contributed by atoms with van der Waals surface area (Å²) in [5, 5.41) is 26.5. The van der Waals surface area contributed by atoms with Crippen molar-refractivity contribution in [3.8, 4) is 0 Å². The number of hydrogen-bond donors (Lipinski definition) is 9. The zero-order chi connectivity index (χ0) is 46.3. The Morgan fingerprint density at radius 1 is 0.984 bits per heavy atom. The number of hydrogen-bond acceptors (Lipinski definition) is 18. The van der Waals surface area contributed by atoms with Gasteiger partial charge in [0.25, 0.3) is 0 Å². The molecule has 1 saturated heterocycles. The summed E-state index contributed by atoms with van der Waals surface area (Å²) < 4.78 is 62.3. The normalized spacial score (nSPS) is 20.7. The van der Waals surface area contributed by atoms with Gasteiger partial charge in [0.2, 0.25) is 11.8 Å². The number of nitrogen functional groups attached to an aromatic ring is 1. The number of nitrogens with two attached hydrogens (primary N) is 1. The number of unbranched alkanes of at least 4 members (excludes halogenated alkanes) is 6. The Morgan fingerprint density at radius 2 is 1.65 bits per heavy atom. The Labute approximate surface area is 362 Å². The predicted octanol–water partition coefficient (Wildman–Crippen LogP) is 2.75. The molecule has 62 heavy (non-hydrogen) atoms. The number of nitrogens with zero attached hydrogens (tertiary/aromatic N) is 4. The van der Waals surface area contributed by atoms with Crippen molar-refractivity contribution in [3.63, 3.8) is 0 Å². The summed E-state index contributed by atoms with van der Waals surface area (Å²) in [6.45, 7) is 6.68. The lowest BCUT2D eigenvalue weighted by molar-refractivity contribution is -0.137. The van der Waals surface area contributed by atoms with Crippen molar-refractivity contribution in [1.82, 2.24) is 30.2 Å². The van der Waals surface area contributed by atoms with Crippen molar-refractivity contribution in [2.24, 2.45) is 5.41 Å². The molecule has 0 bridgehead atoms. The van der Waals surface area contributed by atoms with Crippen LogP contribution in [-0.2, 0) is 50.7 Å².